The average Bonchev–Trinajstić information content (AvgIpc) is 2.66. The van der Waals surface area contributed by atoms with E-state index in [1.54, 1.807) is 11.8 Å². The summed E-state index contributed by atoms with van der Waals surface area (Å²) in [5, 5.41) is 3.18. The van der Waals surface area contributed by atoms with Gasteiger partial charge >= 0.3 is 0 Å². The summed E-state index contributed by atoms with van der Waals surface area (Å²) in [6.45, 7) is 1.77. The van der Waals surface area contributed by atoms with Crippen LogP contribution in [0.5, 0.6) is 0 Å². The van der Waals surface area contributed by atoms with Gasteiger partial charge in [-0.2, -0.15) is 9.97 Å². The van der Waals surface area contributed by atoms with Gasteiger partial charge in [0.25, 0.3) is 0 Å². The van der Waals surface area contributed by atoms with Crippen LogP contribution in [0.15, 0.2) is 29.2 Å². The third-order valence-electron chi connectivity index (χ3n) is 4.32. The van der Waals surface area contributed by atoms with Gasteiger partial charge in [0.2, 0.25) is 9.74 Å². The van der Waals surface area contributed by atoms with Crippen LogP contribution in [0, 0.1) is 0 Å². The number of hydrogen-bond acceptors (Lipinski definition) is 7. The summed E-state index contributed by atoms with van der Waals surface area (Å²) in [7, 11) is 0. The Morgan fingerprint density at radius 3 is 2.41 bits per heavy atom. The van der Waals surface area contributed by atoms with Gasteiger partial charge in [-0.25, -0.2) is 4.98 Å². The Labute approximate surface area is 177 Å². The lowest BCUT2D eigenvalue weighted by Gasteiger charge is -2.33. The lowest BCUT2D eigenvalue weighted by molar-refractivity contribution is 0.0574. The number of halogens is 3. The fourth-order valence-corrected chi connectivity index (χ4v) is 3.32. The Morgan fingerprint density at radius 1 is 1.15 bits per heavy atom. The number of alkyl halides is 3. The predicted molar refractivity (Wildman–Crippen MR) is 112 cm³/mol. The second-order valence-electron chi connectivity index (χ2n) is 6.36. The molecule has 3 N–H and O–H groups in total. The van der Waals surface area contributed by atoms with Gasteiger partial charge in [0.15, 0.2) is 11.6 Å². The maximum absolute atomic E-state index is 6.42. The van der Waals surface area contributed by atoms with Crippen LogP contribution in [0.1, 0.15) is 18.7 Å². The Kier molecular flexibility index (Phi) is 6.71. The molecule has 1 fully saturated rings. The van der Waals surface area contributed by atoms with Gasteiger partial charge < -0.3 is 15.8 Å². The lowest BCUT2D eigenvalue weighted by atomic mass is 9.91. The maximum Gasteiger partial charge on any atom is 0.250 e. The zero-order valence-corrected chi connectivity index (χ0v) is 17.8. The predicted octanol–water partition coefficient (Wildman–Crippen LogP) is 4.01. The van der Waals surface area contributed by atoms with Crippen molar-refractivity contribution in [3.05, 3.63) is 30.1 Å². The zero-order chi connectivity index (χ0) is 19.5. The normalized spacial score (nSPS) is 16.9. The van der Waals surface area contributed by atoms with Crippen LogP contribution in [0.4, 0.5) is 5.95 Å². The molecule has 1 saturated heterocycles. The number of benzene rings is 1. The van der Waals surface area contributed by atoms with Crippen molar-refractivity contribution in [3.63, 3.8) is 0 Å². The van der Waals surface area contributed by atoms with E-state index in [-0.39, 0.29) is 11.4 Å². The Morgan fingerprint density at radius 2 is 1.81 bits per heavy atom. The standard InChI is InChI=1S/C17H20Cl3N5OS/c1-27-12-4-2-11(3-5-12)13-23-14(17(18,19)20)25-15(24-13)22-10-16(21)6-8-26-9-7-16/h2-5H,6-10,21H2,1H3,(H,22,23,24,25). The number of aromatic nitrogens is 3. The number of thioether (sulfide) groups is 1. The first-order valence-corrected chi connectivity index (χ1v) is 10.7. The van der Waals surface area contributed by atoms with Gasteiger partial charge in [0.1, 0.15) is 0 Å². The zero-order valence-electron chi connectivity index (χ0n) is 14.7. The third kappa shape index (κ3) is 5.59. The van der Waals surface area contributed by atoms with E-state index in [9.17, 15) is 0 Å². The number of nitrogens with two attached hydrogens (primary N) is 1. The highest BCUT2D eigenvalue weighted by molar-refractivity contribution is 7.98. The molecule has 27 heavy (non-hydrogen) atoms. The van der Waals surface area contributed by atoms with E-state index < -0.39 is 3.79 Å². The van der Waals surface area contributed by atoms with Gasteiger partial charge in [-0.1, -0.05) is 46.9 Å². The molecule has 1 aliphatic heterocycles. The molecule has 0 bridgehead atoms. The fraction of sp³-hybridized carbons (Fsp3) is 0.471. The molecule has 1 aromatic heterocycles. The van der Waals surface area contributed by atoms with Crippen molar-refractivity contribution in [3.8, 4) is 11.4 Å². The Bertz CT molecular complexity index is 779. The van der Waals surface area contributed by atoms with Crippen LogP contribution in [-0.2, 0) is 8.53 Å². The highest BCUT2D eigenvalue weighted by atomic mass is 35.6. The lowest BCUT2D eigenvalue weighted by Crippen LogP contribution is -2.50. The smallest absolute Gasteiger partial charge is 0.250 e. The minimum absolute atomic E-state index is 0.0620. The van der Waals surface area contributed by atoms with E-state index in [2.05, 4.69) is 20.3 Å². The Hall–Kier alpha value is -0.830. The largest absolute Gasteiger partial charge is 0.381 e. The first kappa shape index (κ1) is 20.9. The molecule has 1 aromatic carbocycles. The van der Waals surface area contributed by atoms with Gasteiger partial charge in [-0.3, -0.25) is 0 Å². The maximum atomic E-state index is 6.42. The molecule has 3 rings (SSSR count). The minimum Gasteiger partial charge on any atom is -0.381 e. The fourth-order valence-electron chi connectivity index (χ4n) is 2.66. The van der Waals surface area contributed by atoms with E-state index >= 15 is 0 Å². The summed E-state index contributed by atoms with van der Waals surface area (Å²) in [6.07, 6.45) is 3.52. The van der Waals surface area contributed by atoms with Crippen LogP contribution in [-0.4, -0.2) is 46.5 Å². The molecule has 0 aliphatic carbocycles. The molecule has 1 aliphatic rings. The number of rotatable bonds is 5. The van der Waals surface area contributed by atoms with Crippen LogP contribution < -0.4 is 11.1 Å². The second kappa shape index (κ2) is 8.68. The molecular weight excluding hydrogens is 429 g/mol. The molecule has 0 radical (unpaired) electrons. The number of ether oxygens (including phenoxy) is 1. The highest BCUT2D eigenvalue weighted by Gasteiger charge is 2.30. The molecular formula is C17H20Cl3N5OS. The molecule has 2 aromatic rings. The molecule has 0 amide bonds. The van der Waals surface area contributed by atoms with Crippen LogP contribution in [0.2, 0.25) is 0 Å². The van der Waals surface area contributed by atoms with Crippen molar-refractivity contribution in [2.45, 2.75) is 27.1 Å². The van der Waals surface area contributed by atoms with Crippen molar-refractivity contribution in [1.82, 2.24) is 15.0 Å². The van der Waals surface area contributed by atoms with Gasteiger partial charge in [0, 0.05) is 35.8 Å². The molecule has 0 atom stereocenters. The van der Waals surface area contributed by atoms with Crippen molar-refractivity contribution in [1.29, 1.82) is 0 Å². The van der Waals surface area contributed by atoms with E-state index in [1.807, 2.05) is 30.5 Å². The minimum atomic E-state index is -1.76. The number of hydrogen-bond donors (Lipinski definition) is 2. The van der Waals surface area contributed by atoms with Crippen molar-refractivity contribution in [2.24, 2.45) is 5.73 Å². The van der Waals surface area contributed by atoms with Gasteiger partial charge in [0.05, 0.1) is 0 Å². The van der Waals surface area contributed by atoms with Crippen molar-refractivity contribution >= 4 is 52.5 Å². The first-order chi connectivity index (χ1) is 12.8. The molecule has 10 heteroatoms. The summed E-state index contributed by atoms with van der Waals surface area (Å²) in [6, 6.07) is 7.83. The molecule has 146 valence electrons. The van der Waals surface area contributed by atoms with Gasteiger partial charge in [-0.15, -0.1) is 11.8 Å². The summed E-state index contributed by atoms with van der Waals surface area (Å²) >= 11 is 19.7. The monoisotopic (exact) mass is 447 g/mol. The van der Waals surface area contributed by atoms with Crippen molar-refractivity contribution in [2.75, 3.05) is 31.3 Å². The van der Waals surface area contributed by atoms with Crippen molar-refractivity contribution < 1.29 is 4.74 Å². The number of nitrogens with one attached hydrogen (secondary N) is 1. The summed E-state index contributed by atoms with van der Waals surface area (Å²) in [4.78, 5) is 14.2. The van der Waals surface area contributed by atoms with Crippen LogP contribution >= 0.6 is 46.6 Å². The average molecular weight is 449 g/mol. The van der Waals surface area contributed by atoms with Crippen LogP contribution in [0.3, 0.4) is 0 Å². The number of nitrogens with zero attached hydrogens (tertiary/aromatic N) is 3. The number of anilines is 1. The van der Waals surface area contributed by atoms with Gasteiger partial charge in [-0.05, 0) is 31.2 Å². The topological polar surface area (TPSA) is 86.0 Å². The summed E-state index contributed by atoms with van der Waals surface area (Å²) < 4.78 is 3.62. The first-order valence-electron chi connectivity index (χ1n) is 8.37. The summed E-state index contributed by atoms with van der Waals surface area (Å²) in [5.74, 6) is 0.818. The van der Waals surface area contributed by atoms with E-state index in [0.717, 1.165) is 23.3 Å². The second-order valence-corrected chi connectivity index (χ2v) is 9.52. The SMILES string of the molecule is CSc1ccc(-c2nc(NCC3(N)CCOCC3)nc(C(Cl)(Cl)Cl)n2)cc1. The quantitative estimate of drug-likeness (QED) is 0.528. The Balaban J connectivity index is 1.88. The van der Waals surface area contributed by atoms with E-state index in [1.165, 1.54) is 0 Å². The third-order valence-corrected chi connectivity index (χ3v) is 5.57. The molecule has 0 unspecified atom stereocenters. The molecule has 0 saturated carbocycles. The molecule has 0 spiro atoms. The highest BCUT2D eigenvalue weighted by Crippen LogP contribution is 2.37. The van der Waals surface area contributed by atoms with E-state index in [4.69, 9.17) is 45.3 Å². The molecule has 6 nitrogen and oxygen atoms in total. The summed E-state index contributed by atoms with van der Waals surface area (Å²) in [5.41, 5.74) is 6.84. The molecule has 2 heterocycles. The van der Waals surface area contributed by atoms with E-state index in [0.29, 0.717) is 31.5 Å². The van der Waals surface area contributed by atoms with Crippen LogP contribution in [0.25, 0.3) is 11.4 Å².